The number of hydrogen-bond acceptors (Lipinski definition) is 6. The normalized spacial score (nSPS) is 18.3. The van der Waals surface area contributed by atoms with Gasteiger partial charge < -0.3 is 9.64 Å². The Bertz CT molecular complexity index is 1040. The Kier molecular flexibility index (Phi) is 7.19. The van der Waals surface area contributed by atoms with Crippen molar-refractivity contribution in [3.8, 4) is 0 Å². The summed E-state index contributed by atoms with van der Waals surface area (Å²) >= 11 is 3.02. The maximum atomic E-state index is 13.6. The standard InChI is InChI=1S/C23H31N3O3S2/c1-4-25(12-15(2)3)19(27)14-30-23-24-21-20(17-9-5-6-10-18(17)31-21)22(28)26(23)13-16-8-7-11-29-16/h16H,2,4-14H2,1,3H3. The third kappa shape index (κ3) is 4.91. The van der Waals surface area contributed by atoms with Crippen molar-refractivity contribution < 1.29 is 9.53 Å². The number of hydrogen-bond donors (Lipinski definition) is 0. The highest BCUT2D eigenvalue weighted by atomic mass is 32.2. The van der Waals surface area contributed by atoms with Crippen molar-refractivity contribution in [2.45, 2.75) is 70.2 Å². The van der Waals surface area contributed by atoms with Crippen molar-refractivity contribution >= 4 is 39.2 Å². The minimum absolute atomic E-state index is 0.0316. The third-order valence-electron chi connectivity index (χ3n) is 5.97. The highest BCUT2D eigenvalue weighted by Crippen LogP contribution is 2.35. The molecule has 8 heteroatoms. The van der Waals surface area contributed by atoms with Crippen LogP contribution in [-0.4, -0.2) is 51.9 Å². The van der Waals surface area contributed by atoms with Crippen molar-refractivity contribution in [2.24, 2.45) is 0 Å². The summed E-state index contributed by atoms with van der Waals surface area (Å²) in [5.74, 6) is 0.300. The fraction of sp³-hybridized carbons (Fsp3) is 0.609. The summed E-state index contributed by atoms with van der Waals surface area (Å²) in [7, 11) is 0. The topological polar surface area (TPSA) is 64.4 Å². The summed E-state index contributed by atoms with van der Waals surface area (Å²) in [6.45, 7) is 10.3. The molecule has 1 aliphatic carbocycles. The van der Waals surface area contributed by atoms with Crippen LogP contribution in [0.15, 0.2) is 22.1 Å². The van der Waals surface area contributed by atoms with E-state index in [-0.39, 0.29) is 23.3 Å². The number of rotatable bonds is 8. The lowest BCUT2D eigenvalue weighted by molar-refractivity contribution is -0.127. The van der Waals surface area contributed by atoms with Crippen LogP contribution in [0.5, 0.6) is 0 Å². The van der Waals surface area contributed by atoms with Gasteiger partial charge in [0.25, 0.3) is 5.56 Å². The van der Waals surface area contributed by atoms with Crippen LogP contribution in [0, 0.1) is 0 Å². The van der Waals surface area contributed by atoms with Crippen LogP contribution in [0.25, 0.3) is 10.2 Å². The Morgan fingerprint density at radius 1 is 1.35 bits per heavy atom. The number of nitrogens with zero attached hydrogens (tertiary/aromatic N) is 3. The maximum Gasteiger partial charge on any atom is 0.263 e. The average molecular weight is 462 g/mol. The number of ether oxygens (including phenoxy) is 1. The summed E-state index contributed by atoms with van der Waals surface area (Å²) in [5, 5.41) is 1.43. The highest BCUT2D eigenvalue weighted by Gasteiger charge is 2.25. The number of thioether (sulfide) groups is 1. The maximum absolute atomic E-state index is 13.6. The molecule has 0 bridgehead atoms. The molecule has 1 saturated heterocycles. The molecule has 0 N–H and O–H groups in total. The number of thiophene rings is 1. The highest BCUT2D eigenvalue weighted by molar-refractivity contribution is 7.99. The monoisotopic (exact) mass is 461 g/mol. The molecule has 2 aromatic heterocycles. The minimum Gasteiger partial charge on any atom is -0.376 e. The van der Waals surface area contributed by atoms with E-state index in [1.54, 1.807) is 20.8 Å². The molecule has 168 valence electrons. The van der Waals surface area contributed by atoms with Crippen molar-refractivity contribution in [1.29, 1.82) is 0 Å². The number of amides is 1. The molecule has 1 unspecified atom stereocenters. The first kappa shape index (κ1) is 22.6. The predicted octanol–water partition coefficient (Wildman–Crippen LogP) is 4.03. The molecule has 0 saturated carbocycles. The van der Waals surface area contributed by atoms with Gasteiger partial charge in [0.2, 0.25) is 5.91 Å². The molecular formula is C23H31N3O3S2. The lowest BCUT2D eigenvalue weighted by atomic mass is 9.97. The van der Waals surface area contributed by atoms with Gasteiger partial charge in [0.15, 0.2) is 5.16 Å². The Labute approximate surface area is 191 Å². The number of carbonyl (C=O) groups is 1. The molecule has 2 aliphatic rings. The lowest BCUT2D eigenvalue weighted by Crippen LogP contribution is -2.34. The van der Waals surface area contributed by atoms with Crippen LogP contribution >= 0.6 is 23.1 Å². The number of likely N-dealkylation sites (N-methyl/N-ethyl adjacent to an activating group) is 1. The van der Waals surface area contributed by atoms with E-state index in [2.05, 4.69) is 6.58 Å². The van der Waals surface area contributed by atoms with E-state index >= 15 is 0 Å². The molecule has 2 aromatic rings. The molecule has 31 heavy (non-hydrogen) atoms. The van der Waals surface area contributed by atoms with Crippen LogP contribution < -0.4 is 5.56 Å². The first-order valence-corrected chi connectivity index (χ1v) is 13.0. The van der Waals surface area contributed by atoms with E-state index in [0.29, 0.717) is 24.8 Å². The second-order valence-corrected chi connectivity index (χ2v) is 10.5. The van der Waals surface area contributed by atoms with Gasteiger partial charge in [0, 0.05) is 24.6 Å². The smallest absolute Gasteiger partial charge is 0.263 e. The molecule has 6 nitrogen and oxygen atoms in total. The molecule has 0 radical (unpaired) electrons. The molecule has 1 amide bonds. The fourth-order valence-electron chi connectivity index (χ4n) is 4.40. The van der Waals surface area contributed by atoms with Gasteiger partial charge in [-0.25, -0.2) is 4.98 Å². The van der Waals surface area contributed by atoms with Crippen LogP contribution in [0.1, 0.15) is 50.0 Å². The van der Waals surface area contributed by atoms with Gasteiger partial charge in [-0.2, -0.15) is 0 Å². The first-order valence-electron chi connectivity index (χ1n) is 11.2. The Morgan fingerprint density at radius 2 is 2.16 bits per heavy atom. The lowest BCUT2D eigenvalue weighted by Gasteiger charge is -2.21. The Hall–Kier alpha value is -1.64. The zero-order chi connectivity index (χ0) is 22.0. The van der Waals surface area contributed by atoms with E-state index < -0.39 is 0 Å². The number of fused-ring (bicyclic) bond motifs is 3. The van der Waals surface area contributed by atoms with Gasteiger partial charge in [-0.05, 0) is 57.9 Å². The van der Waals surface area contributed by atoms with Crippen molar-refractivity contribution in [1.82, 2.24) is 14.5 Å². The molecule has 1 atom stereocenters. The molecule has 0 aromatic carbocycles. The van der Waals surface area contributed by atoms with Crippen molar-refractivity contribution in [3.63, 3.8) is 0 Å². The summed E-state index contributed by atoms with van der Waals surface area (Å²) in [6, 6.07) is 0. The van der Waals surface area contributed by atoms with E-state index in [9.17, 15) is 9.59 Å². The van der Waals surface area contributed by atoms with Crippen LogP contribution in [0.3, 0.4) is 0 Å². The number of aryl methyl sites for hydroxylation is 2. The summed E-state index contributed by atoms with van der Waals surface area (Å²) in [5.41, 5.74) is 2.19. The second-order valence-electron chi connectivity index (χ2n) is 8.49. The third-order valence-corrected chi connectivity index (χ3v) is 8.12. The van der Waals surface area contributed by atoms with Gasteiger partial charge >= 0.3 is 0 Å². The van der Waals surface area contributed by atoms with Crippen LogP contribution in [-0.2, 0) is 28.9 Å². The van der Waals surface area contributed by atoms with Crippen molar-refractivity contribution in [2.75, 3.05) is 25.4 Å². The SMILES string of the molecule is C=C(C)CN(CC)C(=O)CSc1nc2sc3c(c2c(=O)n1CC1CCCO1)CCCC3. The quantitative estimate of drug-likeness (QED) is 0.337. The summed E-state index contributed by atoms with van der Waals surface area (Å²) in [6.07, 6.45) is 6.32. The summed E-state index contributed by atoms with van der Waals surface area (Å²) in [4.78, 5) is 35.2. The molecule has 4 rings (SSSR count). The van der Waals surface area contributed by atoms with Crippen LogP contribution in [0.2, 0.25) is 0 Å². The molecule has 3 heterocycles. The van der Waals surface area contributed by atoms with Gasteiger partial charge in [0.1, 0.15) is 4.83 Å². The summed E-state index contributed by atoms with van der Waals surface area (Å²) < 4.78 is 7.59. The van der Waals surface area contributed by atoms with Gasteiger partial charge in [-0.15, -0.1) is 11.3 Å². The van der Waals surface area contributed by atoms with E-state index in [1.165, 1.54) is 28.6 Å². The molecule has 1 fully saturated rings. The number of aromatic nitrogens is 2. The Morgan fingerprint density at radius 3 is 2.87 bits per heavy atom. The average Bonchev–Trinajstić information content (AvgIpc) is 3.39. The second kappa shape index (κ2) is 9.88. The van der Waals surface area contributed by atoms with Crippen LogP contribution in [0.4, 0.5) is 0 Å². The van der Waals surface area contributed by atoms with E-state index in [1.807, 2.05) is 13.8 Å². The van der Waals surface area contributed by atoms with Gasteiger partial charge in [-0.1, -0.05) is 23.9 Å². The van der Waals surface area contributed by atoms with E-state index in [0.717, 1.165) is 54.5 Å². The predicted molar refractivity (Wildman–Crippen MR) is 127 cm³/mol. The largest absolute Gasteiger partial charge is 0.376 e. The van der Waals surface area contributed by atoms with E-state index in [4.69, 9.17) is 9.72 Å². The zero-order valence-corrected chi connectivity index (χ0v) is 20.1. The molecule has 0 spiro atoms. The number of carbonyl (C=O) groups excluding carboxylic acids is 1. The van der Waals surface area contributed by atoms with Gasteiger partial charge in [0.05, 0.1) is 23.8 Å². The molecular weight excluding hydrogens is 430 g/mol. The van der Waals surface area contributed by atoms with Gasteiger partial charge in [-0.3, -0.25) is 14.2 Å². The van der Waals surface area contributed by atoms with Crippen molar-refractivity contribution in [3.05, 3.63) is 32.9 Å². The zero-order valence-electron chi connectivity index (χ0n) is 18.4. The Balaban J connectivity index is 1.66. The minimum atomic E-state index is 0.0316. The first-order chi connectivity index (χ1) is 15.0. The fourth-order valence-corrected chi connectivity index (χ4v) is 6.62. The molecule has 1 aliphatic heterocycles.